The minimum Gasteiger partial charge on any atom is -0.497 e. The first-order valence-corrected chi connectivity index (χ1v) is 12.7. The summed E-state index contributed by atoms with van der Waals surface area (Å²) >= 11 is 0. The lowest BCUT2D eigenvalue weighted by Gasteiger charge is -2.19. The number of benzene rings is 3. The number of carbonyl (C=O) groups excluding carboxylic acids is 2. The van der Waals surface area contributed by atoms with Crippen molar-refractivity contribution in [2.24, 2.45) is 0 Å². The molecular formula is C26H30N2O6S. The predicted octanol–water partition coefficient (Wildman–Crippen LogP) is 3.69. The predicted molar refractivity (Wildman–Crippen MR) is 134 cm³/mol. The van der Waals surface area contributed by atoms with Gasteiger partial charge in [0, 0.05) is 26.7 Å². The summed E-state index contributed by atoms with van der Waals surface area (Å²) in [6.45, 7) is 4.02. The fourth-order valence-electron chi connectivity index (χ4n) is 3.68. The number of rotatable bonds is 10. The Hall–Kier alpha value is -3.43. The number of fused-ring (bicyclic) bond motifs is 1. The molecule has 0 saturated carbocycles. The summed E-state index contributed by atoms with van der Waals surface area (Å²) in [7, 11) is -0.463. The molecule has 3 rings (SSSR count). The minimum absolute atomic E-state index is 0.00742. The first-order chi connectivity index (χ1) is 16.7. The van der Waals surface area contributed by atoms with Crippen molar-refractivity contribution in [2.75, 3.05) is 33.9 Å². The van der Waals surface area contributed by atoms with Gasteiger partial charge >= 0.3 is 5.97 Å². The van der Waals surface area contributed by atoms with E-state index in [1.165, 1.54) is 33.5 Å². The largest absolute Gasteiger partial charge is 0.497 e. The van der Waals surface area contributed by atoms with Gasteiger partial charge in [0.25, 0.3) is 5.91 Å². The van der Waals surface area contributed by atoms with Crippen LogP contribution in [0.1, 0.15) is 29.8 Å². The molecule has 0 aliphatic rings. The Bertz CT molecular complexity index is 1320. The maximum Gasteiger partial charge on any atom is 0.338 e. The van der Waals surface area contributed by atoms with Crippen molar-refractivity contribution in [3.05, 3.63) is 71.8 Å². The quantitative estimate of drug-likeness (QED) is 0.396. The number of sulfonamides is 1. The molecule has 0 saturated heterocycles. The van der Waals surface area contributed by atoms with E-state index in [9.17, 15) is 18.0 Å². The number of esters is 1. The van der Waals surface area contributed by atoms with Gasteiger partial charge in [-0.3, -0.25) is 4.79 Å². The van der Waals surface area contributed by atoms with Gasteiger partial charge in [-0.1, -0.05) is 38.1 Å². The first kappa shape index (κ1) is 26.2. The van der Waals surface area contributed by atoms with Crippen molar-refractivity contribution in [3.8, 4) is 5.75 Å². The van der Waals surface area contributed by atoms with Crippen LogP contribution < -0.4 is 4.74 Å². The molecule has 0 unspecified atom stereocenters. The van der Waals surface area contributed by atoms with Gasteiger partial charge in [-0.25, -0.2) is 13.2 Å². The van der Waals surface area contributed by atoms with E-state index >= 15 is 0 Å². The van der Waals surface area contributed by atoms with Crippen molar-refractivity contribution < 1.29 is 27.5 Å². The molecule has 3 aromatic carbocycles. The van der Waals surface area contributed by atoms with Crippen molar-refractivity contribution in [3.63, 3.8) is 0 Å². The van der Waals surface area contributed by atoms with Gasteiger partial charge in [0.1, 0.15) is 5.75 Å². The molecule has 0 fully saturated rings. The van der Waals surface area contributed by atoms with Crippen molar-refractivity contribution in [2.45, 2.75) is 25.3 Å². The Balaban J connectivity index is 1.62. The summed E-state index contributed by atoms with van der Waals surface area (Å²) in [6, 6.07) is 17.3. The molecule has 0 heterocycles. The van der Waals surface area contributed by atoms with E-state index in [1.54, 1.807) is 28.0 Å². The summed E-state index contributed by atoms with van der Waals surface area (Å²) in [4.78, 5) is 26.5. The zero-order valence-corrected chi connectivity index (χ0v) is 21.2. The van der Waals surface area contributed by atoms with E-state index in [0.717, 1.165) is 22.1 Å². The lowest BCUT2D eigenvalue weighted by molar-refractivity contribution is -0.133. The number of carbonyl (C=O) groups is 2. The van der Waals surface area contributed by atoms with Crippen molar-refractivity contribution in [1.29, 1.82) is 0 Å². The third-order valence-electron chi connectivity index (χ3n) is 5.70. The molecule has 0 spiro atoms. The molecule has 3 aromatic rings. The zero-order chi connectivity index (χ0) is 25.6. The Labute approximate surface area is 206 Å². The van der Waals surface area contributed by atoms with Gasteiger partial charge in [-0.15, -0.1) is 0 Å². The van der Waals surface area contributed by atoms with Crippen LogP contribution >= 0.6 is 0 Å². The highest BCUT2D eigenvalue weighted by Gasteiger charge is 2.23. The van der Waals surface area contributed by atoms with Crippen LogP contribution in [0.3, 0.4) is 0 Å². The van der Waals surface area contributed by atoms with Gasteiger partial charge in [-0.2, -0.15) is 4.31 Å². The summed E-state index contributed by atoms with van der Waals surface area (Å²) < 4.78 is 37.2. The highest BCUT2D eigenvalue weighted by Crippen LogP contribution is 2.22. The zero-order valence-electron chi connectivity index (χ0n) is 20.4. The summed E-state index contributed by atoms with van der Waals surface area (Å²) in [5.41, 5.74) is 0.998. The summed E-state index contributed by atoms with van der Waals surface area (Å²) in [5, 5.41) is 2.05. The molecular weight excluding hydrogens is 468 g/mol. The molecule has 8 nitrogen and oxygen atoms in total. The average molecular weight is 499 g/mol. The Morgan fingerprint density at radius 2 is 1.60 bits per heavy atom. The first-order valence-electron chi connectivity index (χ1n) is 11.3. The maximum absolute atomic E-state index is 12.7. The third-order valence-corrected chi connectivity index (χ3v) is 7.74. The monoisotopic (exact) mass is 498 g/mol. The lowest BCUT2D eigenvalue weighted by atomic mass is 10.1. The molecule has 1 amide bonds. The molecule has 0 N–H and O–H groups in total. The number of likely N-dealkylation sites (N-methyl/N-ethyl adjacent to an activating group) is 1. The second-order valence-electron chi connectivity index (χ2n) is 7.99. The van der Waals surface area contributed by atoms with E-state index in [4.69, 9.17) is 9.47 Å². The minimum atomic E-state index is -3.71. The molecule has 0 aromatic heterocycles. The number of ether oxygens (including phenoxy) is 2. The highest BCUT2D eigenvalue weighted by atomic mass is 32.2. The highest BCUT2D eigenvalue weighted by molar-refractivity contribution is 7.89. The topological polar surface area (TPSA) is 93.2 Å². The standard InChI is InChI=1S/C26H30N2O6S/c1-5-28(6-2)35(31,32)24-9-7-8-22(16-24)26(30)34-18-25(29)27(3)17-19-10-11-21-15-23(33-4)13-12-20(21)14-19/h7-16H,5-6,17-18H2,1-4H3. The second kappa shape index (κ2) is 11.3. The number of amides is 1. The van der Waals surface area contributed by atoms with Crippen LogP contribution in [0.2, 0.25) is 0 Å². The van der Waals surface area contributed by atoms with Crippen LogP contribution in [0.5, 0.6) is 5.75 Å². The molecule has 0 radical (unpaired) electrons. The van der Waals surface area contributed by atoms with Gasteiger partial charge in [-0.05, 0) is 52.7 Å². The van der Waals surface area contributed by atoms with Crippen molar-refractivity contribution >= 4 is 32.7 Å². The number of hydrogen-bond donors (Lipinski definition) is 0. The molecule has 9 heteroatoms. The van der Waals surface area contributed by atoms with E-state index < -0.39 is 22.6 Å². The molecule has 35 heavy (non-hydrogen) atoms. The average Bonchev–Trinajstić information content (AvgIpc) is 2.87. The Morgan fingerprint density at radius 3 is 2.29 bits per heavy atom. The van der Waals surface area contributed by atoms with Crippen LogP contribution in [0.25, 0.3) is 10.8 Å². The van der Waals surface area contributed by atoms with Gasteiger partial charge in [0.05, 0.1) is 17.6 Å². The van der Waals surface area contributed by atoms with Crippen LogP contribution in [0.4, 0.5) is 0 Å². The number of methoxy groups -OCH3 is 1. The van der Waals surface area contributed by atoms with Crippen LogP contribution in [0, 0.1) is 0 Å². The number of nitrogens with zero attached hydrogens (tertiary/aromatic N) is 2. The number of hydrogen-bond acceptors (Lipinski definition) is 6. The SMILES string of the molecule is CCN(CC)S(=O)(=O)c1cccc(C(=O)OCC(=O)N(C)Cc2ccc3cc(OC)ccc3c2)c1. The van der Waals surface area contributed by atoms with Crippen LogP contribution in [0.15, 0.2) is 65.6 Å². The third kappa shape index (κ3) is 6.17. The molecule has 0 aliphatic heterocycles. The Kier molecular flexibility index (Phi) is 8.48. The normalized spacial score (nSPS) is 11.5. The molecule has 0 bridgehead atoms. The Morgan fingerprint density at radius 1 is 0.914 bits per heavy atom. The van der Waals surface area contributed by atoms with E-state index in [1.807, 2.05) is 36.4 Å². The van der Waals surface area contributed by atoms with Crippen LogP contribution in [-0.4, -0.2) is 63.4 Å². The van der Waals surface area contributed by atoms with Gasteiger partial charge < -0.3 is 14.4 Å². The molecule has 186 valence electrons. The van der Waals surface area contributed by atoms with E-state index in [0.29, 0.717) is 19.6 Å². The maximum atomic E-state index is 12.7. The molecule has 0 aliphatic carbocycles. The summed E-state index contributed by atoms with van der Waals surface area (Å²) in [5.74, 6) is -0.362. The fourth-order valence-corrected chi connectivity index (χ4v) is 5.18. The van der Waals surface area contributed by atoms with Gasteiger partial charge in [0.15, 0.2) is 6.61 Å². The van der Waals surface area contributed by atoms with Crippen molar-refractivity contribution in [1.82, 2.24) is 9.21 Å². The second-order valence-corrected chi connectivity index (χ2v) is 9.93. The smallest absolute Gasteiger partial charge is 0.338 e. The van der Waals surface area contributed by atoms with Crippen LogP contribution in [-0.2, 0) is 26.1 Å². The fraction of sp³-hybridized carbons (Fsp3) is 0.308. The summed E-state index contributed by atoms with van der Waals surface area (Å²) in [6.07, 6.45) is 0. The molecule has 0 atom stereocenters. The van der Waals surface area contributed by atoms with E-state index in [2.05, 4.69) is 0 Å². The van der Waals surface area contributed by atoms with Gasteiger partial charge in [0.2, 0.25) is 10.0 Å². The van der Waals surface area contributed by atoms with E-state index in [-0.39, 0.29) is 16.4 Å². The lowest BCUT2D eigenvalue weighted by Crippen LogP contribution is -2.31.